The van der Waals surface area contributed by atoms with Crippen molar-refractivity contribution < 1.29 is 9.47 Å². The molecule has 2 aliphatic heterocycles. The summed E-state index contributed by atoms with van der Waals surface area (Å²) in [5, 5.41) is 4.16. The molecule has 4 heterocycles. The van der Waals surface area contributed by atoms with Crippen LogP contribution in [-0.4, -0.2) is 21.5 Å². The molecule has 7 heteroatoms. The number of pyridine rings is 1. The Morgan fingerprint density at radius 2 is 1.93 bits per heavy atom. The Morgan fingerprint density at radius 1 is 1.10 bits per heavy atom. The summed E-state index contributed by atoms with van der Waals surface area (Å²) >= 11 is 5.79. The van der Waals surface area contributed by atoms with Crippen LogP contribution in [0, 0.1) is 0 Å². The molecular weight excluding hydrogens is 396 g/mol. The van der Waals surface area contributed by atoms with Gasteiger partial charge in [-0.25, -0.2) is 0 Å². The lowest BCUT2D eigenvalue weighted by atomic mass is 9.98. The SMILES string of the molecule is CC(C)(C)n1ccc(C2C(c3ccccn3)NC(=S)N2c2ccc3c(c2)OCO3)c1. The fourth-order valence-electron chi connectivity index (χ4n) is 4.01. The lowest BCUT2D eigenvalue weighted by Crippen LogP contribution is -2.29. The Morgan fingerprint density at radius 3 is 2.67 bits per heavy atom. The number of nitrogens with one attached hydrogen (secondary N) is 1. The van der Waals surface area contributed by atoms with Gasteiger partial charge in [0.25, 0.3) is 0 Å². The fourth-order valence-corrected chi connectivity index (χ4v) is 4.36. The molecule has 6 nitrogen and oxygen atoms in total. The van der Waals surface area contributed by atoms with Crippen molar-refractivity contribution in [3.8, 4) is 11.5 Å². The van der Waals surface area contributed by atoms with Gasteiger partial charge in [-0.1, -0.05) is 6.07 Å². The number of fused-ring (bicyclic) bond motifs is 1. The van der Waals surface area contributed by atoms with Gasteiger partial charge < -0.3 is 24.3 Å². The minimum atomic E-state index is -0.0695. The number of hydrogen-bond donors (Lipinski definition) is 1. The number of aromatic nitrogens is 2. The zero-order valence-electron chi connectivity index (χ0n) is 17.2. The Balaban J connectivity index is 1.61. The predicted octanol–water partition coefficient (Wildman–Crippen LogP) is 4.54. The van der Waals surface area contributed by atoms with E-state index >= 15 is 0 Å². The number of thiocarbonyl (C=S) groups is 1. The first kappa shape index (κ1) is 18.9. The van der Waals surface area contributed by atoms with Crippen LogP contribution in [0.5, 0.6) is 11.5 Å². The molecule has 1 aromatic carbocycles. The van der Waals surface area contributed by atoms with Crippen molar-refractivity contribution in [2.24, 2.45) is 0 Å². The second-order valence-electron chi connectivity index (χ2n) is 8.56. The van der Waals surface area contributed by atoms with E-state index in [1.54, 1.807) is 0 Å². The molecule has 0 amide bonds. The summed E-state index contributed by atoms with van der Waals surface area (Å²) in [6.45, 7) is 6.83. The van der Waals surface area contributed by atoms with E-state index < -0.39 is 0 Å². The highest BCUT2D eigenvalue weighted by molar-refractivity contribution is 7.80. The molecule has 0 saturated carbocycles. The van der Waals surface area contributed by atoms with Gasteiger partial charge in [-0.3, -0.25) is 4.98 Å². The number of nitrogens with zero attached hydrogens (tertiary/aromatic N) is 3. The highest BCUT2D eigenvalue weighted by Gasteiger charge is 2.41. The highest BCUT2D eigenvalue weighted by Crippen LogP contribution is 2.44. The largest absolute Gasteiger partial charge is 0.454 e. The first-order valence-electron chi connectivity index (χ1n) is 10.0. The van der Waals surface area contributed by atoms with Gasteiger partial charge in [0.2, 0.25) is 6.79 Å². The Kier molecular flexibility index (Phi) is 4.43. The summed E-state index contributed by atoms with van der Waals surface area (Å²) in [4.78, 5) is 6.76. The molecular formula is C23H24N4O2S. The van der Waals surface area contributed by atoms with Crippen molar-refractivity contribution in [1.29, 1.82) is 0 Å². The van der Waals surface area contributed by atoms with Gasteiger partial charge in [-0.15, -0.1) is 0 Å². The number of ether oxygens (including phenoxy) is 2. The van der Waals surface area contributed by atoms with E-state index in [9.17, 15) is 0 Å². The zero-order chi connectivity index (χ0) is 20.9. The lowest BCUT2D eigenvalue weighted by molar-refractivity contribution is 0.174. The third-order valence-corrected chi connectivity index (χ3v) is 5.88. The maximum absolute atomic E-state index is 5.79. The number of benzene rings is 1. The van der Waals surface area contributed by atoms with Gasteiger partial charge in [0.15, 0.2) is 16.6 Å². The predicted molar refractivity (Wildman–Crippen MR) is 120 cm³/mol. The Labute approximate surface area is 181 Å². The molecule has 1 saturated heterocycles. The minimum Gasteiger partial charge on any atom is -0.454 e. The number of rotatable bonds is 3. The zero-order valence-corrected chi connectivity index (χ0v) is 18.0. The molecule has 0 aliphatic carbocycles. The normalized spacial score (nSPS) is 20.5. The van der Waals surface area contributed by atoms with E-state index in [2.05, 4.69) is 59.0 Å². The van der Waals surface area contributed by atoms with Crippen molar-refractivity contribution >= 4 is 23.0 Å². The maximum atomic E-state index is 5.79. The van der Waals surface area contributed by atoms with Gasteiger partial charge in [-0.05, 0) is 68.9 Å². The van der Waals surface area contributed by atoms with Crippen LogP contribution in [0.1, 0.15) is 44.1 Å². The molecule has 0 radical (unpaired) electrons. The summed E-state index contributed by atoms with van der Waals surface area (Å²) < 4.78 is 13.3. The first-order chi connectivity index (χ1) is 14.4. The topological polar surface area (TPSA) is 51.6 Å². The minimum absolute atomic E-state index is 0.00510. The molecule has 2 atom stereocenters. The van der Waals surface area contributed by atoms with E-state index in [0.29, 0.717) is 5.11 Å². The molecule has 2 aromatic heterocycles. The number of hydrogen-bond acceptors (Lipinski definition) is 4. The van der Waals surface area contributed by atoms with Gasteiger partial charge in [0.05, 0.1) is 17.8 Å². The second kappa shape index (κ2) is 7.02. The summed E-state index contributed by atoms with van der Waals surface area (Å²) in [5.41, 5.74) is 3.08. The molecule has 1 N–H and O–H groups in total. The molecule has 5 rings (SSSR count). The van der Waals surface area contributed by atoms with Crippen LogP contribution < -0.4 is 19.7 Å². The van der Waals surface area contributed by atoms with Crippen molar-refractivity contribution in [3.63, 3.8) is 0 Å². The molecule has 3 aromatic rings. The van der Waals surface area contributed by atoms with E-state index in [0.717, 1.165) is 22.9 Å². The van der Waals surface area contributed by atoms with Crippen LogP contribution in [0.4, 0.5) is 5.69 Å². The van der Waals surface area contributed by atoms with E-state index in [1.165, 1.54) is 5.56 Å². The molecule has 30 heavy (non-hydrogen) atoms. The summed E-state index contributed by atoms with van der Waals surface area (Å²) in [6, 6.07) is 14.0. The van der Waals surface area contributed by atoms with Crippen LogP contribution in [0.3, 0.4) is 0 Å². The van der Waals surface area contributed by atoms with Gasteiger partial charge in [-0.2, -0.15) is 0 Å². The molecule has 1 fully saturated rings. The summed E-state index contributed by atoms with van der Waals surface area (Å²) in [7, 11) is 0. The summed E-state index contributed by atoms with van der Waals surface area (Å²) in [5.74, 6) is 1.50. The second-order valence-corrected chi connectivity index (χ2v) is 8.94. The maximum Gasteiger partial charge on any atom is 0.231 e. The molecule has 2 unspecified atom stereocenters. The molecule has 0 spiro atoms. The molecule has 2 aliphatic rings. The van der Waals surface area contributed by atoms with Crippen LogP contribution in [0.25, 0.3) is 0 Å². The Hall–Kier alpha value is -3.06. The summed E-state index contributed by atoms with van der Waals surface area (Å²) in [6.07, 6.45) is 6.15. The highest BCUT2D eigenvalue weighted by atomic mass is 32.1. The van der Waals surface area contributed by atoms with Gasteiger partial charge >= 0.3 is 0 Å². The monoisotopic (exact) mass is 420 g/mol. The molecule has 154 valence electrons. The van der Waals surface area contributed by atoms with Crippen LogP contribution in [0.15, 0.2) is 61.1 Å². The lowest BCUT2D eigenvalue weighted by Gasteiger charge is -2.28. The van der Waals surface area contributed by atoms with Crippen LogP contribution >= 0.6 is 12.2 Å². The average molecular weight is 421 g/mol. The van der Waals surface area contributed by atoms with Crippen molar-refractivity contribution in [2.75, 3.05) is 11.7 Å². The van der Waals surface area contributed by atoms with Crippen molar-refractivity contribution in [2.45, 2.75) is 38.4 Å². The third-order valence-electron chi connectivity index (χ3n) is 5.56. The van der Waals surface area contributed by atoms with Crippen molar-refractivity contribution in [1.82, 2.24) is 14.9 Å². The smallest absolute Gasteiger partial charge is 0.231 e. The standard InChI is InChI=1S/C23H24N4O2S/c1-23(2,3)26-11-9-15(13-26)21-20(17-6-4-5-10-24-17)25-22(30)27(21)16-7-8-18-19(12-16)29-14-28-18/h4-13,20-21H,14H2,1-3H3,(H,25,30). The molecule has 0 bridgehead atoms. The average Bonchev–Trinajstić information content (AvgIpc) is 3.45. The third kappa shape index (κ3) is 3.19. The number of anilines is 1. The van der Waals surface area contributed by atoms with Crippen LogP contribution in [-0.2, 0) is 5.54 Å². The van der Waals surface area contributed by atoms with E-state index in [4.69, 9.17) is 21.7 Å². The van der Waals surface area contributed by atoms with E-state index in [-0.39, 0.29) is 24.4 Å². The first-order valence-corrected chi connectivity index (χ1v) is 10.4. The quantitative estimate of drug-likeness (QED) is 0.628. The van der Waals surface area contributed by atoms with E-state index in [1.807, 2.05) is 42.6 Å². The Bertz CT molecular complexity index is 1090. The van der Waals surface area contributed by atoms with Gasteiger partial charge in [0.1, 0.15) is 0 Å². The van der Waals surface area contributed by atoms with Gasteiger partial charge in [0, 0.05) is 35.9 Å². The van der Waals surface area contributed by atoms with Crippen LogP contribution in [0.2, 0.25) is 0 Å². The fraction of sp³-hybridized carbons (Fsp3) is 0.304. The van der Waals surface area contributed by atoms with Crippen molar-refractivity contribution in [3.05, 3.63) is 72.3 Å².